The Kier molecular flexibility index (Phi) is 5.50. The molecule has 2 aromatic heterocycles. The third-order valence-corrected chi connectivity index (χ3v) is 3.72. The number of aryl methyl sites for hydroxylation is 1. The van der Waals surface area contributed by atoms with Crippen LogP contribution < -0.4 is 14.8 Å². The summed E-state index contributed by atoms with van der Waals surface area (Å²) in [6.07, 6.45) is 1.83. The molecule has 0 aliphatic carbocycles. The van der Waals surface area contributed by atoms with Crippen molar-refractivity contribution in [1.82, 2.24) is 15.1 Å². The van der Waals surface area contributed by atoms with Crippen LogP contribution in [0.3, 0.4) is 0 Å². The number of carbonyl (C=O) groups excluding carboxylic acids is 1. The molecule has 0 saturated carbocycles. The Morgan fingerprint density at radius 3 is 2.78 bits per heavy atom. The Morgan fingerprint density at radius 2 is 2.04 bits per heavy atom. The molecule has 140 valence electrons. The number of anilines is 1. The summed E-state index contributed by atoms with van der Waals surface area (Å²) in [6.45, 7) is 0. The highest BCUT2D eigenvalue weighted by Gasteiger charge is 2.14. The van der Waals surface area contributed by atoms with Gasteiger partial charge in [0.25, 0.3) is 0 Å². The number of aromatic hydroxyl groups is 1. The quantitative estimate of drug-likeness (QED) is 0.651. The average Bonchev–Trinajstić information content (AvgIpc) is 3.16. The summed E-state index contributed by atoms with van der Waals surface area (Å²) >= 11 is 0. The van der Waals surface area contributed by atoms with Gasteiger partial charge in [0.05, 0.1) is 14.2 Å². The van der Waals surface area contributed by atoms with Crippen molar-refractivity contribution in [2.24, 2.45) is 0 Å². The van der Waals surface area contributed by atoms with E-state index in [0.29, 0.717) is 28.8 Å². The number of methoxy groups -OCH3 is 2. The minimum absolute atomic E-state index is 0.0978. The lowest BCUT2D eigenvalue weighted by Crippen LogP contribution is -2.13. The summed E-state index contributed by atoms with van der Waals surface area (Å²) in [4.78, 5) is 20.2. The monoisotopic (exact) mass is 370 g/mol. The summed E-state index contributed by atoms with van der Waals surface area (Å²) in [5.41, 5.74) is 0.700. The lowest BCUT2D eigenvalue weighted by molar-refractivity contribution is -0.116. The van der Waals surface area contributed by atoms with Gasteiger partial charge in [0.15, 0.2) is 23.1 Å². The van der Waals surface area contributed by atoms with Gasteiger partial charge in [-0.25, -0.2) is 4.98 Å². The van der Waals surface area contributed by atoms with Crippen LogP contribution in [0, 0.1) is 0 Å². The molecule has 0 radical (unpaired) electrons. The first-order valence-electron chi connectivity index (χ1n) is 8.09. The highest BCUT2D eigenvalue weighted by atomic mass is 16.5. The molecule has 3 aromatic rings. The standard InChI is InChI=1S/C18H18N4O5/c1-25-13-6-5-11(10-14(13)26-2)17-21-16(27-22-17)8-7-15(24)20-18-12(23)4-3-9-19-18/h3-6,9-10,23H,7-8H2,1-2H3,(H,19,20,24). The van der Waals surface area contributed by atoms with Crippen LogP contribution in [0.5, 0.6) is 17.2 Å². The van der Waals surface area contributed by atoms with Crippen LogP contribution in [0.25, 0.3) is 11.4 Å². The van der Waals surface area contributed by atoms with Crippen molar-refractivity contribution in [3.05, 3.63) is 42.4 Å². The van der Waals surface area contributed by atoms with E-state index in [-0.39, 0.29) is 30.3 Å². The van der Waals surface area contributed by atoms with E-state index < -0.39 is 0 Å². The van der Waals surface area contributed by atoms with Gasteiger partial charge < -0.3 is 24.4 Å². The molecule has 0 atom stereocenters. The van der Waals surface area contributed by atoms with Crippen molar-refractivity contribution >= 4 is 11.7 Å². The second-order valence-electron chi connectivity index (χ2n) is 5.50. The molecule has 9 heteroatoms. The number of hydrogen-bond donors (Lipinski definition) is 2. The molecule has 0 saturated heterocycles. The second kappa shape index (κ2) is 8.17. The first-order valence-corrected chi connectivity index (χ1v) is 8.09. The molecular formula is C18H18N4O5. The van der Waals surface area contributed by atoms with Crippen LogP contribution in [-0.2, 0) is 11.2 Å². The highest BCUT2D eigenvalue weighted by molar-refractivity contribution is 5.91. The third kappa shape index (κ3) is 4.32. The zero-order chi connectivity index (χ0) is 19.2. The van der Waals surface area contributed by atoms with Crippen LogP contribution in [0.4, 0.5) is 5.82 Å². The Balaban J connectivity index is 1.63. The number of nitrogens with one attached hydrogen (secondary N) is 1. The normalized spacial score (nSPS) is 10.4. The molecule has 3 rings (SSSR count). The van der Waals surface area contributed by atoms with Crippen LogP contribution >= 0.6 is 0 Å². The molecule has 27 heavy (non-hydrogen) atoms. The Morgan fingerprint density at radius 1 is 1.22 bits per heavy atom. The molecule has 1 aromatic carbocycles. The van der Waals surface area contributed by atoms with Crippen molar-refractivity contribution in [1.29, 1.82) is 0 Å². The van der Waals surface area contributed by atoms with Gasteiger partial charge in [-0.3, -0.25) is 4.79 Å². The van der Waals surface area contributed by atoms with Gasteiger partial charge in [-0.2, -0.15) is 4.98 Å². The number of aromatic nitrogens is 3. The number of ether oxygens (including phenoxy) is 2. The highest BCUT2D eigenvalue weighted by Crippen LogP contribution is 2.31. The van der Waals surface area contributed by atoms with Gasteiger partial charge in [0, 0.05) is 24.6 Å². The molecule has 0 spiro atoms. The van der Waals surface area contributed by atoms with Crippen LogP contribution in [-0.4, -0.2) is 40.4 Å². The molecule has 2 N–H and O–H groups in total. The largest absolute Gasteiger partial charge is 0.504 e. The molecule has 9 nitrogen and oxygen atoms in total. The number of nitrogens with zero attached hydrogens (tertiary/aromatic N) is 3. The molecule has 0 bridgehead atoms. The smallest absolute Gasteiger partial charge is 0.227 e. The number of rotatable bonds is 7. The van der Waals surface area contributed by atoms with Crippen molar-refractivity contribution in [2.75, 3.05) is 19.5 Å². The predicted octanol–water partition coefficient (Wildman–Crippen LogP) is 2.43. The van der Waals surface area contributed by atoms with E-state index in [9.17, 15) is 9.90 Å². The fourth-order valence-corrected chi connectivity index (χ4v) is 2.36. The van der Waals surface area contributed by atoms with Gasteiger partial charge >= 0.3 is 0 Å². The molecule has 0 aliphatic heterocycles. The zero-order valence-corrected chi connectivity index (χ0v) is 14.8. The van der Waals surface area contributed by atoms with E-state index in [2.05, 4.69) is 20.4 Å². The number of hydrogen-bond acceptors (Lipinski definition) is 8. The SMILES string of the molecule is COc1ccc(-c2noc(CCC(=O)Nc3ncccc3O)n2)cc1OC. The van der Waals surface area contributed by atoms with Crippen LogP contribution in [0.15, 0.2) is 41.1 Å². The average molecular weight is 370 g/mol. The van der Waals surface area contributed by atoms with Gasteiger partial charge in [-0.15, -0.1) is 0 Å². The summed E-state index contributed by atoms with van der Waals surface area (Å²) < 4.78 is 15.7. The van der Waals surface area contributed by atoms with Crippen molar-refractivity contribution in [3.63, 3.8) is 0 Å². The van der Waals surface area contributed by atoms with E-state index in [0.717, 1.165) is 0 Å². The zero-order valence-electron chi connectivity index (χ0n) is 14.8. The van der Waals surface area contributed by atoms with E-state index in [4.69, 9.17) is 14.0 Å². The first kappa shape index (κ1) is 18.2. The minimum Gasteiger partial charge on any atom is -0.504 e. The van der Waals surface area contributed by atoms with Crippen LogP contribution in [0.2, 0.25) is 0 Å². The summed E-state index contributed by atoms with van der Waals surface area (Å²) in [5, 5.41) is 16.1. The summed E-state index contributed by atoms with van der Waals surface area (Å²) in [6, 6.07) is 8.28. The van der Waals surface area contributed by atoms with E-state index in [1.807, 2.05) is 0 Å². The lowest BCUT2D eigenvalue weighted by Gasteiger charge is -2.07. The van der Waals surface area contributed by atoms with Gasteiger partial charge in [-0.1, -0.05) is 5.16 Å². The third-order valence-electron chi connectivity index (χ3n) is 3.72. The molecular weight excluding hydrogens is 352 g/mol. The van der Waals surface area contributed by atoms with Gasteiger partial charge in [0.1, 0.15) is 0 Å². The topological polar surface area (TPSA) is 120 Å². The molecule has 2 heterocycles. The maximum absolute atomic E-state index is 12.0. The van der Waals surface area contributed by atoms with Crippen molar-refractivity contribution in [3.8, 4) is 28.6 Å². The predicted molar refractivity (Wildman–Crippen MR) is 95.7 cm³/mol. The Bertz CT molecular complexity index is 941. The van der Waals surface area contributed by atoms with Gasteiger partial charge in [-0.05, 0) is 30.3 Å². The summed E-state index contributed by atoms with van der Waals surface area (Å²) in [5.74, 6) is 1.54. The van der Waals surface area contributed by atoms with Crippen LogP contribution in [0.1, 0.15) is 12.3 Å². The first-order chi connectivity index (χ1) is 13.1. The number of carbonyl (C=O) groups is 1. The molecule has 0 aliphatic rings. The minimum atomic E-state index is -0.324. The number of benzene rings is 1. The number of amides is 1. The van der Waals surface area contributed by atoms with E-state index >= 15 is 0 Å². The van der Waals surface area contributed by atoms with E-state index in [1.54, 1.807) is 38.5 Å². The molecule has 1 amide bonds. The maximum Gasteiger partial charge on any atom is 0.227 e. The molecule has 0 unspecified atom stereocenters. The van der Waals surface area contributed by atoms with Crippen molar-refractivity contribution < 1.29 is 23.9 Å². The van der Waals surface area contributed by atoms with Crippen molar-refractivity contribution in [2.45, 2.75) is 12.8 Å². The maximum atomic E-state index is 12.0. The van der Waals surface area contributed by atoms with Gasteiger partial charge in [0.2, 0.25) is 17.6 Å². The lowest BCUT2D eigenvalue weighted by atomic mass is 10.2. The second-order valence-corrected chi connectivity index (χ2v) is 5.50. The fourth-order valence-electron chi connectivity index (χ4n) is 2.36. The summed E-state index contributed by atoms with van der Waals surface area (Å²) in [7, 11) is 3.10. The number of pyridine rings is 1. The Labute approximate surface area is 155 Å². The van der Waals surface area contributed by atoms with E-state index in [1.165, 1.54) is 12.3 Å². The molecule has 0 fully saturated rings. The Hall–Kier alpha value is -3.62. The fraction of sp³-hybridized carbons (Fsp3) is 0.222.